The number of hydrogen-bond donors (Lipinski definition) is 0. The Morgan fingerprint density at radius 3 is 0.822 bits per heavy atom. The van der Waals surface area contributed by atoms with E-state index in [0.717, 1.165) is 91.4 Å². The van der Waals surface area contributed by atoms with Crippen LogP contribution in [0.15, 0.2) is 72.8 Å². The average Bonchev–Trinajstić information content (AvgIpc) is 2.97. The Hall–Kier alpha value is -5.15. The van der Waals surface area contributed by atoms with Crippen LogP contribution in [0.5, 0.6) is 17.2 Å². The molecule has 4 aromatic rings. The van der Waals surface area contributed by atoms with Gasteiger partial charge in [0.25, 0.3) is 0 Å². The first-order chi connectivity index (χ1) is 21.2. The molecule has 3 aliphatic heterocycles. The highest BCUT2D eigenvalue weighted by molar-refractivity contribution is 6.55. The van der Waals surface area contributed by atoms with Crippen molar-refractivity contribution >= 4 is 56.8 Å². The Bertz CT molecular complexity index is 1740. The maximum Gasteiger partial charge on any atom is 0.834 e. The molecule has 0 fully saturated rings. The van der Waals surface area contributed by atoms with Gasteiger partial charge in [-0.3, -0.25) is 0 Å². The second-order valence-corrected chi connectivity index (χ2v) is 10.3. The molecule has 0 saturated carbocycles. The molecular weight excluding hydrogens is 618 g/mol. The third kappa shape index (κ3) is 4.71. The Morgan fingerprint density at radius 2 is 0.600 bits per heavy atom. The molecule has 0 unspecified atom stereocenters. The second-order valence-electron chi connectivity index (χ2n) is 10.3. The summed E-state index contributed by atoms with van der Waals surface area (Å²) >= 11 is 0. The van der Waals surface area contributed by atoms with Crippen molar-refractivity contribution in [2.24, 2.45) is 0 Å². The van der Waals surface area contributed by atoms with E-state index >= 15 is 25.9 Å². The van der Waals surface area contributed by atoms with E-state index in [9.17, 15) is 13.2 Å². The molecule has 0 aliphatic carbocycles. The fraction of sp³-hybridized carbons (Fsp3) is 0. The molecule has 18 heteroatoms. The van der Waals surface area contributed by atoms with Gasteiger partial charge in [0.15, 0.2) is 17.1 Å². The molecular formula is C27H15B3F9N3O3. The molecule has 45 heavy (non-hydrogen) atoms. The quantitative estimate of drug-likeness (QED) is 0.187. The predicted octanol–water partition coefficient (Wildman–Crippen LogP) is 6.69. The van der Waals surface area contributed by atoms with Crippen molar-refractivity contribution in [3.05, 3.63) is 107 Å². The van der Waals surface area contributed by atoms with Gasteiger partial charge in [-0.15, -0.1) is 0 Å². The van der Waals surface area contributed by atoms with Crippen LogP contribution in [-0.4, -0.2) is 53.2 Å². The Kier molecular flexibility index (Phi) is 6.15. The highest BCUT2D eigenvalue weighted by Crippen LogP contribution is 2.50. The fourth-order valence-corrected chi connectivity index (χ4v) is 5.33. The van der Waals surface area contributed by atoms with Crippen molar-refractivity contribution in [2.75, 3.05) is 0 Å². The van der Waals surface area contributed by atoms with E-state index in [1.54, 1.807) is 0 Å². The van der Waals surface area contributed by atoms with Crippen molar-refractivity contribution < 1.29 is 66.5 Å². The van der Waals surface area contributed by atoms with Crippen LogP contribution in [0.25, 0.3) is 0 Å². The molecule has 6 nitrogen and oxygen atoms in total. The van der Waals surface area contributed by atoms with Gasteiger partial charge in [0.2, 0.25) is 0 Å². The summed E-state index contributed by atoms with van der Waals surface area (Å²) in [4.78, 5) is 0. The average molecular weight is 633 g/mol. The number of halogens is 9. The number of fused-ring (bicyclic) bond motifs is 6. The maximum atomic E-state index is 15.6. The zero-order valence-corrected chi connectivity index (χ0v) is 22.4. The van der Waals surface area contributed by atoms with E-state index < -0.39 is 72.5 Å². The number of benzene rings is 4. The van der Waals surface area contributed by atoms with Crippen LogP contribution in [0.3, 0.4) is 0 Å². The molecule has 7 rings (SSSR count). The summed E-state index contributed by atoms with van der Waals surface area (Å²) in [7, 11) is -15.2. The summed E-state index contributed by atoms with van der Waals surface area (Å²) in [5, 5.41) is 0. The van der Waals surface area contributed by atoms with Gasteiger partial charge >= 0.3 is 21.1 Å². The molecule has 4 aromatic carbocycles. The summed E-state index contributed by atoms with van der Waals surface area (Å²) in [5.41, 5.74) is -2.33. The third-order valence-electron chi connectivity index (χ3n) is 7.40. The van der Waals surface area contributed by atoms with E-state index in [4.69, 9.17) is 14.0 Å². The lowest BCUT2D eigenvalue weighted by Gasteiger charge is -2.37. The predicted molar refractivity (Wildman–Crippen MR) is 147 cm³/mol. The SMILES string of the molecule is Fc1ccc([N+]2=Cc3c(c4c(c5c3O[B-](F)(F)[N+](c3ccc(F)cc3)=C5)O[B-](F)(F)[N+](c3ccc(F)cc3)=C4)O[B-]2(F)F)cc1. The molecule has 0 spiro atoms. The van der Waals surface area contributed by atoms with Gasteiger partial charge in [-0.25, -0.2) is 13.2 Å². The molecule has 0 bridgehead atoms. The summed E-state index contributed by atoms with van der Waals surface area (Å²) in [6.45, 7) is 0. The van der Waals surface area contributed by atoms with Crippen LogP contribution in [0.1, 0.15) is 16.7 Å². The minimum atomic E-state index is -5.06. The monoisotopic (exact) mass is 633 g/mol. The minimum Gasteiger partial charge on any atom is -0.598 e. The second kappa shape index (κ2) is 9.68. The zero-order chi connectivity index (χ0) is 31.9. The molecule has 0 aromatic heterocycles. The maximum absolute atomic E-state index is 15.6. The summed E-state index contributed by atoms with van der Waals surface area (Å²) in [5.74, 6) is -4.68. The zero-order valence-electron chi connectivity index (χ0n) is 22.4. The highest BCUT2D eigenvalue weighted by atomic mass is 19.3. The normalized spacial score (nSPS) is 18.5. The minimum absolute atomic E-state index is 0.286. The molecule has 0 radical (unpaired) electrons. The van der Waals surface area contributed by atoms with Crippen molar-refractivity contribution in [3.8, 4) is 17.2 Å². The van der Waals surface area contributed by atoms with Crippen molar-refractivity contribution in [1.29, 1.82) is 0 Å². The van der Waals surface area contributed by atoms with Gasteiger partial charge < -0.3 is 53.3 Å². The van der Waals surface area contributed by atoms with Crippen LogP contribution in [0.4, 0.5) is 56.1 Å². The molecule has 3 aliphatic rings. The van der Waals surface area contributed by atoms with Crippen LogP contribution >= 0.6 is 0 Å². The summed E-state index contributed by atoms with van der Waals surface area (Å²) in [6.07, 6.45) is 2.19. The van der Waals surface area contributed by atoms with Gasteiger partial charge in [-0.1, -0.05) is 0 Å². The molecule has 228 valence electrons. The topological polar surface area (TPSA) is 36.7 Å². The lowest BCUT2D eigenvalue weighted by molar-refractivity contribution is -0.346. The van der Waals surface area contributed by atoms with Gasteiger partial charge in [-0.2, -0.15) is 0 Å². The van der Waals surface area contributed by atoms with Gasteiger partial charge in [0.05, 0.1) is 0 Å². The highest BCUT2D eigenvalue weighted by Gasteiger charge is 2.58. The molecule has 0 N–H and O–H groups in total. The first-order valence-corrected chi connectivity index (χ1v) is 13.2. The van der Waals surface area contributed by atoms with E-state index in [0.29, 0.717) is 0 Å². The number of hydrogen-bond acceptors (Lipinski definition) is 3. The van der Waals surface area contributed by atoms with E-state index in [2.05, 4.69) is 0 Å². The van der Waals surface area contributed by atoms with Crippen molar-refractivity contribution in [1.82, 2.24) is 0 Å². The summed E-state index contributed by atoms with van der Waals surface area (Å²) in [6, 6.07) is 11.3. The first-order valence-electron chi connectivity index (χ1n) is 13.2. The van der Waals surface area contributed by atoms with E-state index in [1.165, 1.54) is 0 Å². The molecule has 0 amide bonds. The smallest absolute Gasteiger partial charge is 0.598 e. The largest absolute Gasteiger partial charge is 0.834 e. The number of nitrogens with zero attached hydrogens (tertiary/aromatic N) is 3. The van der Waals surface area contributed by atoms with Crippen LogP contribution < -0.4 is 14.0 Å². The molecule has 0 atom stereocenters. The first kappa shape index (κ1) is 28.6. The van der Waals surface area contributed by atoms with E-state index in [-0.39, 0.29) is 30.5 Å². The van der Waals surface area contributed by atoms with Gasteiger partial charge in [0.1, 0.15) is 70.0 Å². The molecule has 3 heterocycles. The Balaban J connectivity index is 1.54. The van der Waals surface area contributed by atoms with Crippen LogP contribution in [-0.2, 0) is 0 Å². The lowest BCUT2D eigenvalue weighted by atomic mass is 9.88. The van der Waals surface area contributed by atoms with Gasteiger partial charge in [-0.05, 0) is 36.4 Å². The van der Waals surface area contributed by atoms with Crippen LogP contribution in [0.2, 0.25) is 0 Å². The standard InChI is InChI=1S/C27H15B3F9N3O3/c31-16-1-7-19(8-2-16)40-13-22-25(43-28(40,34)35)23-14-41(20-9-3-17(32)4-10-20)30(38,39)45-27(23)24-15-42(29(36,37)44-26(22)24)21-11-5-18(33)6-12-21/h1-15H. The Labute approximate surface area is 247 Å². The van der Waals surface area contributed by atoms with Crippen LogP contribution in [0, 0.1) is 17.5 Å². The van der Waals surface area contributed by atoms with E-state index in [1.807, 2.05) is 0 Å². The fourth-order valence-electron chi connectivity index (χ4n) is 5.33. The van der Waals surface area contributed by atoms with Gasteiger partial charge in [0, 0.05) is 36.4 Å². The molecule has 0 saturated heterocycles. The summed E-state index contributed by atoms with van der Waals surface area (Å²) < 4.78 is 150. The number of rotatable bonds is 3. The Morgan fingerprint density at radius 1 is 0.378 bits per heavy atom. The lowest BCUT2D eigenvalue weighted by Crippen LogP contribution is -2.51. The van der Waals surface area contributed by atoms with Crippen molar-refractivity contribution in [2.45, 2.75) is 0 Å². The van der Waals surface area contributed by atoms with Crippen molar-refractivity contribution in [3.63, 3.8) is 0 Å². The third-order valence-corrected chi connectivity index (χ3v) is 7.40.